The van der Waals surface area contributed by atoms with Crippen molar-refractivity contribution in [2.75, 3.05) is 6.61 Å². The summed E-state index contributed by atoms with van der Waals surface area (Å²) in [6.45, 7) is 3.16. The summed E-state index contributed by atoms with van der Waals surface area (Å²) >= 11 is 0. The molecule has 0 rings (SSSR count). The van der Waals surface area contributed by atoms with Gasteiger partial charge in [0, 0.05) is 18.9 Å². The fourth-order valence-electron chi connectivity index (χ4n) is 1.60. The Morgan fingerprint density at radius 1 is 1.16 bits per heavy atom. The number of rotatable bonds is 10. The van der Waals surface area contributed by atoms with Crippen molar-refractivity contribution in [2.24, 2.45) is 5.92 Å². The number of hydrogen-bond donors (Lipinski definition) is 3. The highest BCUT2D eigenvalue weighted by atomic mass is 16.4. The van der Waals surface area contributed by atoms with Crippen molar-refractivity contribution in [2.45, 2.75) is 52.0 Å². The molecule has 0 fully saturated rings. The van der Waals surface area contributed by atoms with E-state index in [1.54, 1.807) is 0 Å². The second kappa shape index (κ2) is 9.49. The van der Waals surface area contributed by atoms with Gasteiger partial charge in [0.05, 0.1) is 0 Å². The zero-order valence-corrected chi connectivity index (χ0v) is 11.5. The van der Waals surface area contributed by atoms with Gasteiger partial charge in [-0.05, 0) is 6.42 Å². The Balaban J connectivity index is 4.24. The number of hydrogen-bond acceptors (Lipinski definition) is 4. The summed E-state index contributed by atoms with van der Waals surface area (Å²) in [4.78, 5) is 34.0. The van der Waals surface area contributed by atoms with E-state index in [1.807, 2.05) is 6.92 Å². The monoisotopic (exact) mass is 273 g/mol. The second-order valence-electron chi connectivity index (χ2n) is 4.68. The molecule has 3 N–H and O–H groups in total. The Hall–Kier alpha value is -1.43. The molecule has 110 valence electrons. The van der Waals surface area contributed by atoms with E-state index in [9.17, 15) is 14.4 Å². The van der Waals surface area contributed by atoms with Gasteiger partial charge in [0.15, 0.2) is 0 Å². The number of carbonyl (C=O) groups excluding carboxylic acids is 2. The van der Waals surface area contributed by atoms with Crippen molar-refractivity contribution < 1.29 is 24.6 Å². The number of ketones is 1. The van der Waals surface area contributed by atoms with Gasteiger partial charge in [0.25, 0.3) is 5.91 Å². The minimum atomic E-state index is -1.26. The van der Waals surface area contributed by atoms with Crippen LogP contribution in [0.3, 0.4) is 0 Å². The van der Waals surface area contributed by atoms with Crippen LogP contribution in [0.2, 0.25) is 0 Å². The van der Waals surface area contributed by atoms with E-state index in [2.05, 4.69) is 5.32 Å². The number of amides is 1. The van der Waals surface area contributed by atoms with E-state index < -0.39 is 29.6 Å². The molecule has 0 aliphatic heterocycles. The predicted molar refractivity (Wildman–Crippen MR) is 69.6 cm³/mol. The molecule has 0 aliphatic rings. The summed E-state index contributed by atoms with van der Waals surface area (Å²) in [7, 11) is 0. The molecule has 0 aromatic carbocycles. The zero-order valence-electron chi connectivity index (χ0n) is 11.5. The minimum Gasteiger partial charge on any atom is -0.480 e. The number of aliphatic carboxylic acids is 1. The summed E-state index contributed by atoms with van der Waals surface area (Å²) in [5.74, 6) is -3.39. The topological polar surface area (TPSA) is 104 Å². The van der Waals surface area contributed by atoms with Gasteiger partial charge in [-0.3, -0.25) is 9.59 Å². The Morgan fingerprint density at radius 2 is 1.79 bits per heavy atom. The van der Waals surface area contributed by atoms with E-state index >= 15 is 0 Å². The van der Waals surface area contributed by atoms with Gasteiger partial charge in [0.2, 0.25) is 5.78 Å². The first-order chi connectivity index (χ1) is 8.93. The summed E-state index contributed by atoms with van der Waals surface area (Å²) in [5.41, 5.74) is 0. The molecule has 6 nitrogen and oxygen atoms in total. The third kappa shape index (κ3) is 6.91. The molecule has 0 saturated heterocycles. The molecule has 0 aromatic rings. The number of nitrogens with one attached hydrogen (secondary N) is 1. The van der Waals surface area contributed by atoms with Crippen LogP contribution in [-0.2, 0) is 14.4 Å². The first-order valence-corrected chi connectivity index (χ1v) is 6.61. The lowest BCUT2D eigenvalue weighted by Crippen LogP contribution is -2.48. The average molecular weight is 273 g/mol. The Labute approximate surface area is 113 Å². The van der Waals surface area contributed by atoms with Crippen LogP contribution < -0.4 is 5.32 Å². The maximum atomic E-state index is 11.5. The van der Waals surface area contributed by atoms with E-state index in [0.717, 1.165) is 19.3 Å². The summed E-state index contributed by atoms with van der Waals surface area (Å²) < 4.78 is 0. The van der Waals surface area contributed by atoms with Crippen molar-refractivity contribution >= 4 is 17.7 Å². The molecule has 19 heavy (non-hydrogen) atoms. The van der Waals surface area contributed by atoms with Crippen LogP contribution in [0.5, 0.6) is 0 Å². The molecule has 0 saturated carbocycles. The Kier molecular flexibility index (Phi) is 8.78. The smallest absolute Gasteiger partial charge is 0.326 e. The normalized spacial score (nSPS) is 13.6. The number of aliphatic hydroxyl groups excluding tert-OH is 1. The predicted octanol–water partition coefficient (Wildman–Crippen LogP) is 0.724. The Morgan fingerprint density at radius 3 is 2.26 bits per heavy atom. The lowest BCUT2D eigenvalue weighted by atomic mass is 10.0. The fourth-order valence-corrected chi connectivity index (χ4v) is 1.60. The first kappa shape index (κ1) is 17.6. The van der Waals surface area contributed by atoms with E-state index in [4.69, 9.17) is 10.2 Å². The highest BCUT2D eigenvalue weighted by molar-refractivity contribution is 6.36. The molecule has 1 unspecified atom stereocenters. The molecule has 1 amide bonds. The lowest BCUT2D eigenvalue weighted by molar-refractivity contribution is -0.145. The highest BCUT2D eigenvalue weighted by Gasteiger charge is 2.28. The lowest BCUT2D eigenvalue weighted by Gasteiger charge is -2.18. The third-order valence-electron chi connectivity index (χ3n) is 2.92. The average Bonchev–Trinajstić information content (AvgIpc) is 2.39. The highest BCUT2D eigenvalue weighted by Crippen LogP contribution is 2.05. The largest absolute Gasteiger partial charge is 0.480 e. The van der Waals surface area contributed by atoms with Gasteiger partial charge in [0.1, 0.15) is 6.04 Å². The van der Waals surface area contributed by atoms with Gasteiger partial charge >= 0.3 is 5.97 Å². The van der Waals surface area contributed by atoms with Gasteiger partial charge in [-0.2, -0.15) is 0 Å². The molecule has 0 heterocycles. The number of aliphatic hydroxyl groups is 1. The molecular weight excluding hydrogens is 250 g/mol. The summed E-state index contributed by atoms with van der Waals surface area (Å²) in [6.07, 6.45) is 3.69. The number of unbranched alkanes of at least 4 members (excludes halogenated alkanes) is 3. The van der Waals surface area contributed by atoms with Gasteiger partial charge in [-0.15, -0.1) is 0 Å². The van der Waals surface area contributed by atoms with Crippen LogP contribution in [0.25, 0.3) is 0 Å². The van der Waals surface area contributed by atoms with Crippen LogP contribution in [0.15, 0.2) is 0 Å². The first-order valence-electron chi connectivity index (χ1n) is 6.61. The SMILES string of the molecule is CCCCCCC(=O)C(=O)N[C@H](C(=O)O)C(C)CO. The van der Waals surface area contributed by atoms with Crippen molar-refractivity contribution in [3.8, 4) is 0 Å². The van der Waals surface area contributed by atoms with Crippen molar-refractivity contribution in [3.63, 3.8) is 0 Å². The minimum absolute atomic E-state index is 0.131. The number of carboxylic acid groups (broad SMARTS) is 1. The van der Waals surface area contributed by atoms with Crippen molar-refractivity contribution in [3.05, 3.63) is 0 Å². The van der Waals surface area contributed by atoms with Gasteiger partial charge in [-0.1, -0.05) is 33.1 Å². The Bertz CT molecular complexity index is 316. The van der Waals surface area contributed by atoms with E-state index in [-0.39, 0.29) is 13.0 Å². The molecule has 0 aliphatic carbocycles. The maximum absolute atomic E-state index is 11.5. The zero-order chi connectivity index (χ0) is 14.8. The molecule has 0 bridgehead atoms. The molecule has 6 heteroatoms. The van der Waals surface area contributed by atoms with Crippen LogP contribution in [0, 0.1) is 5.92 Å². The molecular formula is C13H23NO5. The fraction of sp³-hybridized carbons (Fsp3) is 0.769. The standard InChI is InChI=1S/C13H23NO5/c1-3-4-5-6-7-10(16)12(17)14-11(13(18)19)9(2)8-15/h9,11,15H,3-8H2,1-2H3,(H,14,17)(H,18,19)/t9?,11-/m0/s1. The molecule has 0 spiro atoms. The number of Topliss-reactive ketones (excluding diaryl/α,β-unsaturated/α-hetero) is 1. The number of carbonyl (C=O) groups is 3. The molecule has 2 atom stereocenters. The summed E-state index contributed by atoms with van der Waals surface area (Å²) in [6, 6.07) is -1.24. The molecule has 0 aromatic heterocycles. The van der Waals surface area contributed by atoms with E-state index in [1.165, 1.54) is 6.92 Å². The van der Waals surface area contributed by atoms with Gasteiger partial charge < -0.3 is 15.5 Å². The van der Waals surface area contributed by atoms with Crippen molar-refractivity contribution in [1.82, 2.24) is 5.32 Å². The number of carboxylic acids is 1. The quantitative estimate of drug-likeness (QED) is 0.402. The van der Waals surface area contributed by atoms with Crippen LogP contribution in [-0.4, -0.2) is 40.5 Å². The van der Waals surface area contributed by atoms with E-state index in [0.29, 0.717) is 6.42 Å². The van der Waals surface area contributed by atoms with Gasteiger partial charge in [-0.25, -0.2) is 4.79 Å². The maximum Gasteiger partial charge on any atom is 0.326 e. The molecule has 0 radical (unpaired) electrons. The van der Waals surface area contributed by atoms with Crippen molar-refractivity contribution in [1.29, 1.82) is 0 Å². The second-order valence-corrected chi connectivity index (χ2v) is 4.68. The third-order valence-corrected chi connectivity index (χ3v) is 2.92. The summed E-state index contributed by atoms with van der Waals surface area (Å²) in [5, 5.41) is 20.0. The van der Waals surface area contributed by atoms with Crippen LogP contribution in [0.1, 0.15) is 46.0 Å². The van der Waals surface area contributed by atoms with Crippen LogP contribution >= 0.6 is 0 Å². The van der Waals surface area contributed by atoms with Crippen LogP contribution in [0.4, 0.5) is 0 Å².